The van der Waals surface area contributed by atoms with Gasteiger partial charge in [-0.25, -0.2) is 0 Å². The predicted molar refractivity (Wildman–Crippen MR) is 112 cm³/mol. The van der Waals surface area contributed by atoms with Crippen molar-refractivity contribution < 1.29 is 9.59 Å². The smallest absolute Gasteiger partial charge is 0.243 e. The first-order chi connectivity index (χ1) is 12.5. The fourth-order valence-electron chi connectivity index (χ4n) is 3.44. The van der Waals surface area contributed by atoms with Crippen LogP contribution < -0.4 is 11.1 Å². The molecular formula is C21H34ClN3O2. The molecular weight excluding hydrogens is 362 g/mol. The Hall–Kier alpha value is -1.59. The Labute approximate surface area is 169 Å². The number of fused-ring (bicyclic) bond motifs is 1. The van der Waals surface area contributed by atoms with E-state index in [1.807, 2.05) is 32.0 Å². The molecule has 5 nitrogen and oxygen atoms in total. The highest BCUT2D eigenvalue weighted by atomic mass is 35.5. The van der Waals surface area contributed by atoms with Crippen molar-refractivity contribution in [3.05, 3.63) is 35.4 Å². The van der Waals surface area contributed by atoms with E-state index in [4.69, 9.17) is 5.73 Å². The van der Waals surface area contributed by atoms with E-state index in [-0.39, 0.29) is 36.2 Å². The van der Waals surface area contributed by atoms with E-state index in [0.717, 1.165) is 36.8 Å². The van der Waals surface area contributed by atoms with E-state index in [9.17, 15) is 9.59 Å². The van der Waals surface area contributed by atoms with E-state index in [2.05, 4.69) is 18.3 Å². The van der Waals surface area contributed by atoms with Crippen LogP contribution >= 0.6 is 12.4 Å². The second-order valence-electron chi connectivity index (χ2n) is 7.35. The number of benzene rings is 1. The van der Waals surface area contributed by atoms with Gasteiger partial charge in [0.1, 0.15) is 6.04 Å². The molecule has 1 heterocycles. The Morgan fingerprint density at radius 3 is 2.52 bits per heavy atom. The van der Waals surface area contributed by atoms with Crippen LogP contribution in [-0.4, -0.2) is 35.3 Å². The lowest BCUT2D eigenvalue weighted by Gasteiger charge is -2.38. The summed E-state index contributed by atoms with van der Waals surface area (Å²) in [6, 6.07) is 7.59. The minimum atomic E-state index is -0.456. The number of halogens is 1. The van der Waals surface area contributed by atoms with Crippen LogP contribution in [0.5, 0.6) is 0 Å². The number of hydrogen-bond donors (Lipinski definition) is 2. The number of rotatable bonds is 8. The number of hydrogen-bond acceptors (Lipinski definition) is 3. The van der Waals surface area contributed by atoms with E-state index in [0.29, 0.717) is 19.5 Å². The molecule has 2 amide bonds. The predicted octanol–water partition coefficient (Wildman–Crippen LogP) is 3.04. The van der Waals surface area contributed by atoms with Gasteiger partial charge in [0, 0.05) is 31.5 Å². The summed E-state index contributed by atoms with van der Waals surface area (Å²) in [5.41, 5.74) is 8.12. The molecule has 3 atom stereocenters. The quantitative estimate of drug-likeness (QED) is 0.710. The molecule has 0 radical (unpaired) electrons. The number of unbranched alkanes of at least 4 members (excludes halogenated alkanes) is 1. The fraction of sp³-hybridized carbons (Fsp3) is 0.619. The van der Waals surface area contributed by atoms with Gasteiger partial charge in [0.15, 0.2) is 0 Å². The SMILES string of the molecule is CCCCC(CN)NC(=O)C1Cc2ccccc2CN1C(=O)C(C)CC.Cl. The Kier molecular flexibility index (Phi) is 9.81. The van der Waals surface area contributed by atoms with Gasteiger partial charge < -0.3 is 16.0 Å². The van der Waals surface area contributed by atoms with E-state index in [1.165, 1.54) is 0 Å². The number of amides is 2. The zero-order chi connectivity index (χ0) is 19.1. The number of nitrogens with zero attached hydrogens (tertiary/aromatic N) is 1. The molecule has 0 saturated heterocycles. The second-order valence-corrected chi connectivity index (χ2v) is 7.35. The standard InChI is InChI=1S/C21H33N3O2.ClH/c1-4-6-11-18(13-22)23-20(25)19-12-16-9-7-8-10-17(16)14-24(19)21(26)15(3)5-2;/h7-10,15,18-19H,4-6,11-14,22H2,1-3H3,(H,23,25);1H. The first-order valence-corrected chi connectivity index (χ1v) is 9.89. The Morgan fingerprint density at radius 2 is 1.93 bits per heavy atom. The van der Waals surface area contributed by atoms with Crippen LogP contribution in [0.3, 0.4) is 0 Å². The summed E-state index contributed by atoms with van der Waals surface area (Å²) in [6.07, 6.45) is 4.32. The lowest BCUT2D eigenvalue weighted by molar-refractivity contribution is -0.145. The largest absolute Gasteiger partial charge is 0.350 e. The van der Waals surface area contributed by atoms with Crippen molar-refractivity contribution in [1.29, 1.82) is 0 Å². The highest BCUT2D eigenvalue weighted by Gasteiger charge is 2.36. The van der Waals surface area contributed by atoms with E-state index >= 15 is 0 Å². The van der Waals surface area contributed by atoms with E-state index < -0.39 is 6.04 Å². The summed E-state index contributed by atoms with van der Waals surface area (Å²) in [4.78, 5) is 27.7. The van der Waals surface area contributed by atoms with Gasteiger partial charge in [0.2, 0.25) is 11.8 Å². The molecule has 0 fully saturated rings. The summed E-state index contributed by atoms with van der Waals surface area (Å²) >= 11 is 0. The number of nitrogens with one attached hydrogen (secondary N) is 1. The molecule has 0 spiro atoms. The van der Waals surface area contributed by atoms with Gasteiger partial charge in [-0.1, -0.05) is 57.9 Å². The molecule has 3 unspecified atom stereocenters. The molecule has 1 aliphatic heterocycles. The maximum atomic E-state index is 13.0. The molecule has 0 saturated carbocycles. The minimum absolute atomic E-state index is 0. The molecule has 1 aliphatic rings. The third-order valence-electron chi connectivity index (χ3n) is 5.41. The van der Waals surface area contributed by atoms with Crippen LogP contribution in [0.15, 0.2) is 24.3 Å². The average Bonchev–Trinajstić information content (AvgIpc) is 2.68. The van der Waals surface area contributed by atoms with Gasteiger partial charge in [-0.05, 0) is 24.0 Å². The third kappa shape index (κ3) is 5.94. The number of carbonyl (C=O) groups excluding carboxylic acids is 2. The summed E-state index contributed by atoms with van der Waals surface area (Å²) in [7, 11) is 0. The zero-order valence-corrected chi connectivity index (χ0v) is 17.6. The molecule has 0 aromatic heterocycles. The van der Waals surface area contributed by atoms with Crippen molar-refractivity contribution in [2.45, 2.75) is 71.5 Å². The summed E-state index contributed by atoms with van der Waals surface area (Å²) in [5, 5.41) is 3.09. The Morgan fingerprint density at radius 1 is 1.26 bits per heavy atom. The van der Waals surface area contributed by atoms with Gasteiger partial charge in [0.25, 0.3) is 0 Å². The first-order valence-electron chi connectivity index (χ1n) is 9.89. The van der Waals surface area contributed by atoms with Gasteiger partial charge in [-0.2, -0.15) is 0 Å². The molecule has 2 rings (SSSR count). The maximum Gasteiger partial charge on any atom is 0.243 e. The van der Waals surface area contributed by atoms with Gasteiger partial charge >= 0.3 is 0 Å². The van der Waals surface area contributed by atoms with Crippen molar-refractivity contribution in [3.63, 3.8) is 0 Å². The van der Waals surface area contributed by atoms with Crippen molar-refractivity contribution in [3.8, 4) is 0 Å². The van der Waals surface area contributed by atoms with Crippen molar-refractivity contribution in [2.24, 2.45) is 11.7 Å². The molecule has 1 aromatic carbocycles. The van der Waals surface area contributed by atoms with Crippen LogP contribution in [0.4, 0.5) is 0 Å². The third-order valence-corrected chi connectivity index (χ3v) is 5.41. The molecule has 152 valence electrons. The minimum Gasteiger partial charge on any atom is -0.350 e. The molecule has 27 heavy (non-hydrogen) atoms. The van der Waals surface area contributed by atoms with Crippen LogP contribution in [0.1, 0.15) is 57.6 Å². The zero-order valence-electron chi connectivity index (χ0n) is 16.7. The highest BCUT2D eigenvalue weighted by molar-refractivity contribution is 5.89. The topological polar surface area (TPSA) is 75.4 Å². The van der Waals surface area contributed by atoms with Crippen LogP contribution in [0.2, 0.25) is 0 Å². The molecule has 1 aromatic rings. The Balaban J connectivity index is 0.00000364. The van der Waals surface area contributed by atoms with Crippen LogP contribution in [-0.2, 0) is 22.6 Å². The average molecular weight is 396 g/mol. The lowest BCUT2D eigenvalue weighted by atomic mass is 9.91. The van der Waals surface area contributed by atoms with Gasteiger partial charge in [-0.3, -0.25) is 9.59 Å². The molecule has 6 heteroatoms. The summed E-state index contributed by atoms with van der Waals surface area (Å²) in [6.45, 7) is 6.99. The molecule has 3 N–H and O–H groups in total. The number of nitrogens with two attached hydrogens (primary N) is 1. The normalized spacial score (nSPS) is 18.1. The summed E-state index contributed by atoms with van der Waals surface area (Å²) < 4.78 is 0. The van der Waals surface area contributed by atoms with Crippen molar-refractivity contribution >= 4 is 24.2 Å². The van der Waals surface area contributed by atoms with Gasteiger partial charge in [0.05, 0.1) is 0 Å². The van der Waals surface area contributed by atoms with E-state index in [1.54, 1.807) is 4.90 Å². The monoisotopic (exact) mass is 395 g/mol. The Bertz CT molecular complexity index is 623. The molecule has 0 aliphatic carbocycles. The number of carbonyl (C=O) groups is 2. The highest BCUT2D eigenvalue weighted by Crippen LogP contribution is 2.25. The summed E-state index contributed by atoms with van der Waals surface area (Å²) in [5.74, 6) is -0.108. The van der Waals surface area contributed by atoms with Gasteiger partial charge in [-0.15, -0.1) is 12.4 Å². The maximum absolute atomic E-state index is 13.0. The lowest BCUT2D eigenvalue weighted by Crippen LogP contribution is -2.56. The van der Waals surface area contributed by atoms with Crippen molar-refractivity contribution in [2.75, 3.05) is 6.54 Å². The second kappa shape index (κ2) is 11.3. The fourth-order valence-corrected chi connectivity index (χ4v) is 3.44. The molecule has 0 bridgehead atoms. The van der Waals surface area contributed by atoms with Crippen molar-refractivity contribution in [1.82, 2.24) is 10.2 Å². The first kappa shape index (κ1) is 23.4. The van der Waals surface area contributed by atoms with Crippen LogP contribution in [0.25, 0.3) is 0 Å². The van der Waals surface area contributed by atoms with Crippen LogP contribution in [0, 0.1) is 5.92 Å².